The molecule has 1 amide bonds. The van der Waals surface area contributed by atoms with Crippen molar-refractivity contribution in [3.05, 3.63) is 102 Å². The van der Waals surface area contributed by atoms with Crippen molar-refractivity contribution >= 4 is 34.2 Å². The Morgan fingerprint density at radius 3 is 2.58 bits per heavy atom. The van der Waals surface area contributed by atoms with Gasteiger partial charge in [-0.25, -0.2) is 4.79 Å². The maximum Gasteiger partial charge on any atom is 0.336 e. The van der Waals surface area contributed by atoms with Crippen molar-refractivity contribution in [1.29, 1.82) is 0 Å². The van der Waals surface area contributed by atoms with Crippen molar-refractivity contribution < 1.29 is 28.3 Å². The third-order valence-corrected chi connectivity index (χ3v) is 7.30. The summed E-state index contributed by atoms with van der Waals surface area (Å²) in [4.78, 5) is 38.1. The summed E-state index contributed by atoms with van der Waals surface area (Å²) >= 11 is 5.98. The van der Waals surface area contributed by atoms with Gasteiger partial charge in [0.25, 0.3) is 11.6 Å². The van der Waals surface area contributed by atoms with Crippen LogP contribution in [0.3, 0.4) is 0 Å². The minimum atomic E-state index is -0.623. The van der Waals surface area contributed by atoms with Crippen LogP contribution >= 0.6 is 11.6 Å². The van der Waals surface area contributed by atoms with Gasteiger partial charge in [0.05, 0.1) is 25.2 Å². The standard InChI is InChI=1S/C29H25ClN2O8/c1-16-10-28(33)40-25-13-19(5-6-20(16)25)39-15-24-21-14-27(38-3)26(37-2)12-17(21)8-9-31(24)29(34)18-4-7-22(30)23(11-18)32(35)36/h4-7,10-14,24H,8-9,15H2,1-3H3. The van der Waals surface area contributed by atoms with Crippen LogP contribution in [-0.2, 0) is 6.42 Å². The number of aryl methyl sites for hydroxylation is 1. The maximum atomic E-state index is 13.7. The van der Waals surface area contributed by atoms with Crippen LogP contribution in [0.4, 0.5) is 5.69 Å². The zero-order chi connectivity index (χ0) is 28.6. The molecule has 40 heavy (non-hydrogen) atoms. The van der Waals surface area contributed by atoms with E-state index in [-0.39, 0.29) is 22.9 Å². The number of fused-ring (bicyclic) bond motifs is 2. The van der Waals surface area contributed by atoms with Gasteiger partial charge in [-0.2, -0.15) is 0 Å². The van der Waals surface area contributed by atoms with Crippen molar-refractivity contribution in [2.24, 2.45) is 0 Å². The lowest BCUT2D eigenvalue weighted by Crippen LogP contribution is -2.42. The fraction of sp³-hybridized carbons (Fsp3) is 0.241. The normalized spacial score (nSPS) is 14.5. The Kier molecular flexibility index (Phi) is 7.36. The molecule has 0 saturated heterocycles. The van der Waals surface area contributed by atoms with Gasteiger partial charge in [0.1, 0.15) is 23.0 Å². The molecular formula is C29H25ClN2O8. The Morgan fingerprint density at radius 1 is 1.10 bits per heavy atom. The first-order valence-electron chi connectivity index (χ1n) is 12.4. The van der Waals surface area contributed by atoms with Gasteiger partial charge in [-0.15, -0.1) is 0 Å². The van der Waals surface area contributed by atoms with Gasteiger partial charge in [-0.3, -0.25) is 14.9 Å². The lowest BCUT2D eigenvalue weighted by molar-refractivity contribution is -0.384. The van der Waals surface area contributed by atoms with E-state index in [9.17, 15) is 19.7 Å². The Hall–Kier alpha value is -4.57. The first-order chi connectivity index (χ1) is 19.2. The number of amides is 1. The lowest BCUT2D eigenvalue weighted by atomic mass is 9.91. The Labute approximate surface area is 233 Å². The highest BCUT2D eigenvalue weighted by molar-refractivity contribution is 6.32. The molecule has 4 aromatic rings. The smallest absolute Gasteiger partial charge is 0.336 e. The molecule has 1 unspecified atom stereocenters. The number of hydrogen-bond donors (Lipinski definition) is 0. The number of methoxy groups -OCH3 is 2. The van der Waals surface area contributed by atoms with E-state index in [0.29, 0.717) is 35.8 Å². The van der Waals surface area contributed by atoms with Crippen molar-refractivity contribution in [2.45, 2.75) is 19.4 Å². The molecule has 1 aliphatic heterocycles. The fourth-order valence-corrected chi connectivity index (χ4v) is 5.16. The number of nitro groups is 1. The average molecular weight is 565 g/mol. The first kappa shape index (κ1) is 27.0. The lowest BCUT2D eigenvalue weighted by Gasteiger charge is -2.37. The summed E-state index contributed by atoms with van der Waals surface area (Å²) in [5.41, 5.74) is 2.25. The number of nitro benzene ring substituents is 1. The largest absolute Gasteiger partial charge is 0.493 e. The molecule has 0 saturated carbocycles. The molecule has 0 aliphatic carbocycles. The number of halogens is 1. The van der Waals surface area contributed by atoms with Crippen molar-refractivity contribution in [1.82, 2.24) is 4.90 Å². The van der Waals surface area contributed by atoms with Crippen molar-refractivity contribution in [3.8, 4) is 17.2 Å². The van der Waals surface area contributed by atoms with Gasteiger partial charge in [0.15, 0.2) is 11.5 Å². The molecule has 1 aromatic heterocycles. The van der Waals surface area contributed by atoms with E-state index in [4.69, 9.17) is 30.2 Å². The van der Waals surface area contributed by atoms with Crippen LogP contribution in [0.5, 0.6) is 17.2 Å². The SMILES string of the molecule is COc1cc2c(cc1OC)C(COc1ccc3c(C)cc(=O)oc3c1)N(C(=O)c1ccc(Cl)c([N+](=O)[O-])c1)CC2. The van der Waals surface area contributed by atoms with E-state index in [1.165, 1.54) is 31.4 Å². The van der Waals surface area contributed by atoms with Crippen LogP contribution < -0.4 is 19.8 Å². The summed E-state index contributed by atoms with van der Waals surface area (Å²) in [6.07, 6.45) is 0.522. The van der Waals surface area contributed by atoms with Crippen LogP contribution in [0.1, 0.15) is 33.1 Å². The third-order valence-electron chi connectivity index (χ3n) is 6.98. The van der Waals surface area contributed by atoms with E-state index < -0.39 is 22.5 Å². The van der Waals surface area contributed by atoms with Crippen LogP contribution in [-0.4, -0.2) is 43.1 Å². The molecule has 1 atom stereocenters. The fourth-order valence-electron chi connectivity index (χ4n) is 4.97. The molecule has 10 nitrogen and oxygen atoms in total. The number of hydrogen-bond acceptors (Lipinski definition) is 8. The van der Waals surface area contributed by atoms with E-state index in [0.717, 1.165) is 22.1 Å². The monoisotopic (exact) mass is 564 g/mol. The van der Waals surface area contributed by atoms with Crippen LogP contribution in [0.2, 0.25) is 5.02 Å². The highest BCUT2D eigenvalue weighted by atomic mass is 35.5. The van der Waals surface area contributed by atoms with E-state index in [1.54, 1.807) is 30.2 Å². The minimum Gasteiger partial charge on any atom is -0.493 e. The topological polar surface area (TPSA) is 121 Å². The van der Waals surface area contributed by atoms with Crippen LogP contribution in [0.25, 0.3) is 11.0 Å². The first-order valence-corrected chi connectivity index (χ1v) is 12.7. The maximum absolute atomic E-state index is 13.7. The Balaban J connectivity index is 1.53. The number of nitrogens with zero attached hydrogens (tertiary/aromatic N) is 2. The highest BCUT2D eigenvalue weighted by Crippen LogP contribution is 2.39. The number of carbonyl (C=O) groups is 1. The molecule has 3 aromatic carbocycles. The second-order valence-electron chi connectivity index (χ2n) is 9.31. The molecule has 11 heteroatoms. The van der Waals surface area contributed by atoms with E-state index in [2.05, 4.69) is 0 Å². The molecule has 206 valence electrons. The quantitative estimate of drug-likeness (QED) is 0.164. The molecule has 0 bridgehead atoms. The van der Waals surface area contributed by atoms with Gasteiger partial charge in [0, 0.05) is 35.7 Å². The predicted octanol–water partition coefficient (Wildman–Crippen LogP) is 5.50. The molecule has 0 fully saturated rings. The Bertz CT molecular complexity index is 1700. The summed E-state index contributed by atoms with van der Waals surface area (Å²) in [6.45, 7) is 2.20. The molecule has 0 radical (unpaired) electrons. The zero-order valence-electron chi connectivity index (χ0n) is 21.9. The minimum absolute atomic E-state index is 0.0471. The van der Waals surface area contributed by atoms with Crippen molar-refractivity contribution in [2.75, 3.05) is 27.4 Å². The summed E-state index contributed by atoms with van der Waals surface area (Å²) < 4.78 is 22.5. The van der Waals surface area contributed by atoms with Gasteiger partial charge in [-0.1, -0.05) is 11.6 Å². The number of ether oxygens (including phenoxy) is 3. The van der Waals surface area contributed by atoms with E-state index >= 15 is 0 Å². The number of rotatable bonds is 7. The number of carbonyl (C=O) groups excluding carboxylic acids is 1. The average Bonchev–Trinajstić information content (AvgIpc) is 2.94. The second kappa shape index (κ2) is 10.9. The molecular weight excluding hydrogens is 540 g/mol. The summed E-state index contributed by atoms with van der Waals surface area (Å²) in [5, 5.41) is 12.2. The summed E-state index contributed by atoms with van der Waals surface area (Å²) in [7, 11) is 3.08. The molecule has 0 N–H and O–H groups in total. The third kappa shape index (κ3) is 5.05. The highest BCUT2D eigenvalue weighted by Gasteiger charge is 2.34. The molecule has 5 rings (SSSR count). The predicted molar refractivity (Wildman–Crippen MR) is 148 cm³/mol. The van der Waals surface area contributed by atoms with Gasteiger partial charge in [-0.05, 0) is 66.4 Å². The zero-order valence-corrected chi connectivity index (χ0v) is 22.7. The van der Waals surface area contributed by atoms with Gasteiger partial charge >= 0.3 is 5.63 Å². The van der Waals surface area contributed by atoms with Gasteiger partial charge < -0.3 is 23.5 Å². The summed E-state index contributed by atoms with van der Waals surface area (Å²) in [5.74, 6) is 1.09. The molecule has 0 spiro atoms. The second-order valence-corrected chi connectivity index (χ2v) is 9.72. The van der Waals surface area contributed by atoms with Gasteiger partial charge in [0.2, 0.25) is 0 Å². The Morgan fingerprint density at radius 2 is 1.85 bits per heavy atom. The van der Waals surface area contributed by atoms with Crippen molar-refractivity contribution in [3.63, 3.8) is 0 Å². The van der Waals surface area contributed by atoms with E-state index in [1.807, 2.05) is 19.1 Å². The molecule has 2 heterocycles. The van der Waals surface area contributed by atoms with Crippen LogP contribution in [0, 0.1) is 17.0 Å². The number of benzene rings is 3. The summed E-state index contributed by atoms with van der Waals surface area (Å²) in [6, 6.07) is 13.7. The van der Waals surface area contributed by atoms with Crippen LogP contribution in [0.15, 0.2) is 63.8 Å². The molecule has 1 aliphatic rings.